The van der Waals surface area contributed by atoms with Crippen molar-refractivity contribution in [3.05, 3.63) is 43.3 Å². The van der Waals surface area contributed by atoms with E-state index in [9.17, 15) is 14.4 Å². The number of amides is 2. The van der Waals surface area contributed by atoms with Crippen LogP contribution in [0.5, 0.6) is 0 Å². The Balaban J connectivity index is 1.64. The van der Waals surface area contributed by atoms with Gasteiger partial charge in [0.05, 0.1) is 17.1 Å². The quantitative estimate of drug-likeness (QED) is 0.347. The number of anilines is 1. The van der Waals surface area contributed by atoms with Gasteiger partial charge in [-0.1, -0.05) is 30.0 Å². The molecular formula is C20H20N2O4S4. The van der Waals surface area contributed by atoms with E-state index in [2.05, 4.69) is 5.32 Å². The summed E-state index contributed by atoms with van der Waals surface area (Å²) in [5.74, 6) is -0.940. The number of nitrogens with one attached hydrogen (secondary N) is 1. The van der Waals surface area contributed by atoms with Crippen LogP contribution in [0.2, 0.25) is 0 Å². The van der Waals surface area contributed by atoms with Gasteiger partial charge in [-0.3, -0.25) is 14.5 Å². The van der Waals surface area contributed by atoms with E-state index in [1.807, 2.05) is 37.4 Å². The Bertz CT molecular complexity index is 1020. The van der Waals surface area contributed by atoms with Gasteiger partial charge in [-0.05, 0) is 43.9 Å². The molecule has 3 heterocycles. The first-order valence-electron chi connectivity index (χ1n) is 9.17. The van der Waals surface area contributed by atoms with Gasteiger partial charge in [0, 0.05) is 22.7 Å². The average molecular weight is 481 g/mol. The molecule has 3 rings (SSSR count). The molecule has 2 aromatic heterocycles. The van der Waals surface area contributed by atoms with Crippen molar-refractivity contribution in [2.45, 2.75) is 27.2 Å². The van der Waals surface area contributed by atoms with Crippen LogP contribution in [-0.2, 0) is 14.3 Å². The summed E-state index contributed by atoms with van der Waals surface area (Å²) in [6.07, 6.45) is 1.88. The number of nitrogens with zero attached hydrogens (tertiary/aromatic N) is 1. The van der Waals surface area contributed by atoms with Crippen LogP contribution in [0.4, 0.5) is 5.00 Å². The van der Waals surface area contributed by atoms with Crippen LogP contribution in [0, 0.1) is 13.8 Å². The largest absolute Gasteiger partial charge is 0.462 e. The lowest BCUT2D eigenvalue weighted by atomic mass is 10.1. The minimum atomic E-state index is -0.453. The molecule has 6 nitrogen and oxygen atoms in total. The summed E-state index contributed by atoms with van der Waals surface area (Å²) in [5.41, 5.74) is 1.18. The summed E-state index contributed by atoms with van der Waals surface area (Å²) in [6.45, 7) is 5.89. The van der Waals surface area contributed by atoms with E-state index in [0.717, 1.165) is 15.3 Å². The highest BCUT2D eigenvalue weighted by Gasteiger charge is 2.32. The van der Waals surface area contributed by atoms with Crippen LogP contribution in [0.25, 0.3) is 6.08 Å². The summed E-state index contributed by atoms with van der Waals surface area (Å²) in [6, 6.07) is 3.84. The standard InChI is InChI=1S/C20H20N2O4S4/c1-4-26-19(25)16-11(2)12(3)29-17(16)21-15(23)7-8-22-18(24)14(30-20(22)27)10-13-6-5-9-28-13/h5-6,9-10H,4,7-8H2,1-3H3,(H,21,23)/b14-10+. The lowest BCUT2D eigenvalue weighted by Gasteiger charge is -2.14. The Morgan fingerprint density at radius 3 is 2.77 bits per heavy atom. The van der Waals surface area contributed by atoms with E-state index in [1.165, 1.54) is 39.3 Å². The zero-order chi connectivity index (χ0) is 21.8. The molecule has 0 radical (unpaired) electrons. The normalized spacial score (nSPS) is 15.2. The Hall–Kier alpha value is -2.01. The fourth-order valence-corrected chi connectivity index (χ4v) is 5.86. The highest BCUT2D eigenvalue weighted by Crippen LogP contribution is 2.34. The number of hydrogen-bond donors (Lipinski definition) is 1. The molecular weight excluding hydrogens is 460 g/mol. The predicted molar refractivity (Wildman–Crippen MR) is 127 cm³/mol. The van der Waals surface area contributed by atoms with Gasteiger partial charge in [0.1, 0.15) is 9.32 Å². The monoisotopic (exact) mass is 480 g/mol. The van der Waals surface area contributed by atoms with Crippen LogP contribution in [0.1, 0.15) is 39.0 Å². The second kappa shape index (κ2) is 9.86. The predicted octanol–water partition coefficient (Wildman–Crippen LogP) is 4.83. The molecule has 0 saturated carbocycles. The van der Waals surface area contributed by atoms with Crippen molar-refractivity contribution >= 4 is 79.8 Å². The molecule has 1 aliphatic rings. The van der Waals surface area contributed by atoms with E-state index in [-0.39, 0.29) is 31.4 Å². The number of aryl methyl sites for hydroxylation is 1. The van der Waals surface area contributed by atoms with Crippen molar-refractivity contribution in [2.24, 2.45) is 0 Å². The Morgan fingerprint density at radius 2 is 2.10 bits per heavy atom. The second-order valence-electron chi connectivity index (χ2n) is 6.35. The fourth-order valence-electron chi connectivity index (χ4n) is 2.76. The maximum atomic E-state index is 12.6. The van der Waals surface area contributed by atoms with Gasteiger partial charge < -0.3 is 10.1 Å². The van der Waals surface area contributed by atoms with Gasteiger partial charge in [0.2, 0.25) is 5.91 Å². The average Bonchev–Trinajstić information content (AvgIpc) is 3.36. The number of carbonyl (C=O) groups is 3. The molecule has 2 amide bonds. The van der Waals surface area contributed by atoms with Crippen LogP contribution in [0.15, 0.2) is 22.4 Å². The SMILES string of the molecule is CCOC(=O)c1c(NC(=O)CCN2C(=O)/C(=C\c3cccs3)SC2=S)sc(C)c1C. The van der Waals surface area contributed by atoms with Crippen molar-refractivity contribution in [1.82, 2.24) is 4.90 Å². The van der Waals surface area contributed by atoms with Crippen molar-refractivity contribution in [1.29, 1.82) is 0 Å². The molecule has 2 aromatic rings. The molecule has 0 aliphatic carbocycles. The minimum Gasteiger partial charge on any atom is -0.462 e. The highest BCUT2D eigenvalue weighted by molar-refractivity contribution is 8.26. The number of rotatable bonds is 7. The molecule has 0 atom stereocenters. The lowest BCUT2D eigenvalue weighted by molar-refractivity contribution is -0.122. The van der Waals surface area contributed by atoms with Gasteiger partial charge >= 0.3 is 5.97 Å². The van der Waals surface area contributed by atoms with Crippen molar-refractivity contribution in [2.75, 3.05) is 18.5 Å². The Kier molecular flexibility index (Phi) is 7.45. The number of thiocarbonyl (C=S) groups is 1. The first kappa shape index (κ1) is 22.7. The van der Waals surface area contributed by atoms with Crippen LogP contribution >= 0.6 is 46.7 Å². The van der Waals surface area contributed by atoms with E-state index < -0.39 is 5.97 Å². The zero-order valence-electron chi connectivity index (χ0n) is 16.6. The number of hydrogen-bond acceptors (Lipinski definition) is 8. The third-order valence-corrected chi connectivity index (χ3v) is 7.69. The molecule has 30 heavy (non-hydrogen) atoms. The summed E-state index contributed by atoms with van der Waals surface area (Å²) < 4.78 is 5.54. The van der Waals surface area contributed by atoms with E-state index >= 15 is 0 Å². The number of thiophene rings is 2. The highest BCUT2D eigenvalue weighted by atomic mass is 32.2. The maximum absolute atomic E-state index is 12.6. The number of esters is 1. The second-order valence-corrected chi connectivity index (χ2v) is 10.2. The number of thioether (sulfide) groups is 1. The smallest absolute Gasteiger partial charge is 0.341 e. The molecule has 0 spiro atoms. The van der Waals surface area contributed by atoms with Gasteiger partial charge in [-0.2, -0.15) is 0 Å². The maximum Gasteiger partial charge on any atom is 0.341 e. The van der Waals surface area contributed by atoms with Crippen LogP contribution < -0.4 is 5.32 Å². The van der Waals surface area contributed by atoms with E-state index in [0.29, 0.717) is 19.8 Å². The minimum absolute atomic E-state index is 0.0665. The zero-order valence-corrected chi connectivity index (χ0v) is 19.9. The Labute approximate surface area is 192 Å². The molecule has 1 N–H and O–H groups in total. The molecule has 1 fully saturated rings. The molecule has 0 unspecified atom stereocenters. The van der Waals surface area contributed by atoms with Crippen molar-refractivity contribution in [3.63, 3.8) is 0 Å². The number of ether oxygens (including phenoxy) is 1. The molecule has 1 aliphatic heterocycles. The molecule has 158 valence electrons. The number of carbonyl (C=O) groups excluding carboxylic acids is 3. The lowest BCUT2D eigenvalue weighted by Crippen LogP contribution is -2.31. The van der Waals surface area contributed by atoms with E-state index in [1.54, 1.807) is 6.92 Å². The van der Waals surface area contributed by atoms with Crippen molar-refractivity contribution < 1.29 is 19.1 Å². The third kappa shape index (κ3) is 5.00. The van der Waals surface area contributed by atoms with Gasteiger partial charge in [0.15, 0.2) is 0 Å². The van der Waals surface area contributed by atoms with Crippen LogP contribution in [-0.4, -0.2) is 40.2 Å². The molecule has 0 aromatic carbocycles. The van der Waals surface area contributed by atoms with Gasteiger partial charge in [-0.25, -0.2) is 4.79 Å². The molecule has 1 saturated heterocycles. The summed E-state index contributed by atoms with van der Waals surface area (Å²) in [4.78, 5) is 41.3. The summed E-state index contributed by atoms with van der Waals surface area (Å²) in [5, 5.41) is 5.20. The van der Waals surface area contributed by atoms with Crippen molar-refractivity contribution in [3.8, 4) is 0 Å². The topological polar surface area (TPSA) is 75.7 Å². The van der Waals surface area contributed by atoms with Gasteiger partial charge in [0.25, 0.3) is 5.91 Å². The molecule has 10 heteroatoms. The van der Waals surface area contributed by atoms with Crippen LogP contribution in [0.3, 0.4) is 0 Å². The summed E-state index contributed by atoms with van der Waals surface area (Å²) >= 11 is 9.43. The Morgan fingerprint density at radius 1 is 1.33 bits per heavy atom. The fraction of sp³-hybridized carbons (Fsp3) is 0.300. The van der Waals surface area contributed by atoms with Gasteiger partial charge in [-0.15, -0.1) is 22.7 Å². The first-order chi connectivity index (χ1) is 14.3. The first-order valence-corrected chi connectivity index (χ1v) is 12.1. The van der Waals surface area contributed by atoms with E-state index in [4.69, 9.17) is 17.0 Å². The molecule has 0 bridgehead atoms. The summed E-state index contributed by atoms with van der Waals surface area (Å²) in [7, 11) is 0. The third-order valence-electron chi connectivity index (χ3n) is 4.37.